The third kappa shape index (κ3) is 2.47. The molecule has 0 atom stereocenters. The molecule has 0 aliphatic carbocycles. The summed E-state index contributed by atoms with van der Waals surface area (Å²) in [5.74, 6) is -2.90. The number of hydrogen-bond acceptors (Lipinski definition) is 1. The van der Waals surface area contributed by atoms with Gasteiger partial charge in [-0.1, -0.05) is 6.07 Å². The summed E-state index contributed by atoms with van der Waals surface area (Å²) >= 11 is 0. The number of hydrogen-bond donors (Lipinski definition) is 2. The Morgan fingerprint density at radius 1 is 1.00 bits per heavy atom. The molecular formula is C15H9F3N2O. The molecule has 3 nitrogen and oxygen atoms in total. The van der Waals surface area contributed by atoms with Crippen LogP contribution in [0.5, 0.6) is 0 Å². The van der Waals surface area contributed by atoms with Gasteiger partial charge in [0.05, 0.1) is 0 Å². The van der Waals surface area contributed by atoms with E-state index in [9.17, 15) is 18.0 Å². The molecule has 0 aliphatic heterocycles. The number of carbonyl (C=O) groups excluding carboxylic acids is 1. The van der Waals surface area contributed by atoms with E-state index in [0.717, 1.165) is 12.1 Å². The molecule has 1 amide bonds. The number of nitrogens with one attached hydrogen (secondary N) is 2. The lowest BCUT2D eigenvalue weighted by atomic mass is 10.2. The van der Waals surface area contributed by atoms with Crippen molar-refractivity contribution in [3.63, 3.8) is 0 Å². The number of anilines is 1. The van der Waals surface area contributed by atoms with Gasteiger partial charge in [-0.05, 0) is 36.4 Å². The summed E-state index contributed by atoms with van der Waals surface area (Å²) in [6, 6.07) is 8.75. The zero-order valence-electron chi connectivity index (χ0n) is 10.6. The monoisotopic (exact) mass is 290 g/mol. The van der Waals surface area contributed by atoms with Crippen molar-refractivity contribution in [1.82, 2.24) is 4.98 Å². The maximum atomic E-state index is 13.5. The van der Waals surface area contributed by atoms with E-state index in [2.05, 4.69) is 10.3 Å². The van der Waals surface area contributed by atoms with Gasteiger partial charge in [-0.25, -0.2) is 13.2 Å². The summed E-state index contributed by atoms with van der Waals surface area (Å²) in [5, 5.41) is 2.78. The van der Waals surface area contributed by atoms with E-state index in [-0.39, 0.29) is 5.69 Å². The molecule has 2 aromatic carbocycles. The molecule has 0 unspecified atom stereocenters. The Bertz CT molecular complexity index is 822. The molecule has 21 heavy (non-hydrogen) atoms. The van der Waals surface area contributed by atoms with Crippen molar-refractivity contribution in [3.8, 4) is 0 Å². The summed E-state index contributed by atoms with van der Waals surface area (Å²) in [5.41, 5.74) is -0.0141. The smallest absolute Gasteiger partial charge is 0.272 e. The quantitative estimate of drug-likeness (QED) is 0.740. The van der Waals surface area contributed by atoms with Crippen LogP contribution in [-0.4, -0.2) is 10.9 Å². The number of aromatic amines is 1. The largest absolute Gasteiger partial charge is 0.350 e. The Morgan fingerprint density at radius 3 is 2.43 bits per heavy atom. The minimum Gasteiger partial charge on any atom is -0.350 e. The molecule has 0 saturated carbocycles. The minimum absolute atomic E-state index is 0.0817. The highest BCUT2D eigenvalue weighted by Gasteiger charge is 2.15. The molecular weight excluding hydrogens is 281 g/mol. The molecule has 0 bridgehead atoms. The summed E-state index contributed by atoms with van der Waals surface area (Å²) in [6.07, 6.45) is 0. The first-order valence-corrected chi connectivity index (χ1v) is 6.08. The number of benzene rings is 2. The first-order chi connectivity index (χ1) is 10.0. The Labute approximate surface area is 117 Å². The van der Waals surface area contributed by atoms with Crippen LogP contribution in [-0.2, 0) is 0 Å². The van der Waals surface area contributed by atoms with E-state index in [4.69, 9.17) is 0 Å². The molecule has 1 heterocycles. The number of fused-ring (bicyclic) bond motifs is 1. The van der Waals surface area contributed by atoms with Crippen LogP contribution in [0.1, 0.15) is 10.5 Å². The maximum absolute atomic E-state index is 13.5. The first-order valence-electron chi connectivity index (χ1n) is 6.08. The van der Waals surface area contributed by atoms with Gasteiger partial charge in [-0.2, -0.15) is 0 Å². The highest BCUT2D eigenvalue weighted by molar-refractivity contribution is 6.06. The fraction of sp³-hybridized carbons (Fsp3) is 0. The van der Waals surface area contributed by atoms with Gasteiger partial charge < -0.3 is 10.3 Å². The Morgan fingerprint density at radius 2 is 1.71 bits per heavy atom. The van der Waals surface area contributed by atoms with Crippen molar-refractivity contribution in [2.45, 2.75) is 0 Å². The molecule has 6 heteroatoms. The van der Waals surface area contributed by atoms with Crippen LogP contribution in [0.4, 0.5) is 18.9 Å². The molecule has 0 spiro atoms. The van der Waals surface area contributed by atoms with Crippen LogP contribution in [0.2, 0.25) is 0 Å². The topological polar surface area (TPSA) is 44.9 Å². The van der Waals surface area contributed by atoms with Crippen LogP contribution in [0.15, 0.2) is 42.5 Å². The lowest BCUT2D eigenvalue weighted by molar-refractivity contribution is 0.102. The van der Waals surface area contributed by atoms with Crippen molar-refractivity contribution >= 4 is 22.5 Å². The van der Waals surface area contributed by atoms with Crippen molar-refractivity contribution in [1.29, 1.82) is 0 Å². The Hall–Kier alpha value is -2.76. The lowest BCUT2D eigenvalue weighted by Crippen LogP contribution is -2.14. The molecule has 1 aromatic heterocycles. The van der Waals surface area contributed by atoms with Crippen molar-refractivity contribution in [2.24, 2.45) is 0 Å². The predicted molar refractivity (Wildman–Crippen MR) is 72.6 cm³/mol. The van der Waals surface area contributed by atoms with Crippen molar-refractivity contribution in [2.75, 3.05) is 5.32 Å². The fourth-order valence-corrected chi connectivity index (χ4v) is 2.02. The van der Waals surface area contributed by atoms with Gasteiger partial charge in [0.15, 0.2) is 0 Å². The Balaban J connectivity index is 1.94. The molecule has 0 radical (unpaired) electrons. The number of H-pyrrole nitrogens is 1. The van der Waals surface area contributed by atoms with E-state index >= 15 is 0 Å². The van der Waals surface area contributed by atoms with E-state index in [0.29, 0.717) is 10.9 Å². The van der Waals surface area contributed by atoms with E-state index in [1.165, 1.54) is 30.3 Å². The van der Waals surface area contributed by atoms with Crippen molar-refractivity contribution < 1.29 is 18.0 Å². The third-order valence-electron chi connectivity index (χ3n) is 3.03. The van der Waals surface area contributed by atoms with Gasteiger partial charge in [0.1, 0.15) is 28.8 Å². The van der Waals surface area contributed by atoms with Crippen LogP contribution in [0.3, 0.4) is 0 Å². The second kappa shape index (κ2) is 4.97. The zero-order valence-corrected chi connectivity index (χ0v) is 10.6. The van der Waals surface area contributed by atoms with Crippen molar-refractivity contribution in [3.05, 3.63) is 65.6 Å². The van der Waals surface area contributed by atoms with Gasteiger partial charge in [-0.15, -0.1) is 0 Å². The summed E-state index contributed by atoms with van der Waals surface area (Å²) in [6.45, 7) is 0. The van der Waals surface area contributed by atoms with Gasteiger partial charge in [0.2, 0.25) is 0 Å². The molecule has 0 aliphatic rings. The number of para-hydroxylation sites is 1. The fourth-order valence-electron chi connectivity index (χ4n) is 2.02. The zero-order chi connectivity index (χ0) is 15.0. The molecule has 3 aromatic rings. The van der Waals surface area contributed by atoms with Gasteiger partial charge in [0, 0.05) is 10.9 Å². The lowest BCUT2D eigenvalue weighted by Gasteiger charge is -2.05. The highest BCUT2D eigenvalue weighted by atomic mass is 19.1. The molecule has 106 valence electrons. The van der Waals surface area contributed by atoms with Crippen LogP contribution >= 0.6 is 0 Å². The number of halogens is 3. The molecule has 3 rings (SSSR count). The number of aromatic nitrogens is 1. The molecule has 0 saturated heterocycles. The second-order valence-corrected chi connectivity index (χ2v) is 4.47. The molecule has 0 fully saturated rings. The summed E-state index contributed by atoms with van der Waals surface area (Å²) < 4.78 is 40.0. The standard InChI is InChI=1S/C15H9F3N2O/c16-9-5-4-8-6-13(19-12(8)7-9)15(21)20-14-10(17)2-1-3-11(14)18/h1-7,19H,(H,20,21). The average Bonchev–Trinajstić information content (AvgIpc) is 2.86. The van der Waals surface area contributed by atoms with E-state index < -0.39 is 29.0 Å². The van der Waals surface area contributed by atoms with Crippen LogP contribution < -0.4 is 5.32 Å². The van der Waals surface area contributed by atoms with Gasteiger partial charge in [-0.3, -0.25) is 4.79 Å². The van der Waals surface area contributed by atoms with Crippen LogP contribution in [0, 0.1) is 17.5 Å². The number of amides is 1. The SMILES string of the molecule is O=C(Nc1c(F)cccc1F)c1cc2ccc(F)cc2[nH]1. The number of carbonyl (C=O) groups is 1. The highest BCUT2D eigenvalue weighted by Crippen LogP contribution is 2.21. The number of rotatable bonds is 2. The van der Waals surface area contributed by atoms with Gasteiger partial charge >= 0.3 is 0 Å². The Kier molecular flexibility index (Phi) is 3.13. The maximum Gasteiger partial charge on any atom is 0.272 e. The third-order valence-corrected chi connectivity index (χ3v) is 3.03. The van der Waals surface area contributed by atoms with E-state index in [1.54, 1.807) is 0 Å². The van der Waals surface area contributed by atoms with Crippen LogP contribution in [0.25, 0.3) is 10.9 Å². The average molecular weight is 290 g/mol. The first kappa shape index (κ1) is 13.2. The summed E-state index contributed by atoms with van der Waals surface area (Å²) in [7, 11) is 0. The molecule has 2 N–H and O–H groups in total. The normalized spacial score (nSPS) is 10.8. The van der Waals surface area contributed by atoms with Gasteiger partial charge in [0.25, 0.3) is 5.91 Å². The summed E-state index contributed by atoms with van der Waals surface area (Å²) in [4.78, 5) is 14.7. The van der Waals surface area contributed by atoms with E-state index in [1.807, 2.05) is 0 Å². The second-order valence-electron chi connectivity index (χ2n) is 4.47. The minimum atomic E-state index is -0.870. The predicted octanol–water partition coefficient (Wildman–Crippen LogP) is 3.84.